The van der Waals surface area contributed by atoms with E-state index in [9.17, 15) is 9.36 Å². The Morgan fingerprint density at radius 3 is 2.58 bits per heavy atom. The van der Waals surface area contributed by atoms with Gasteiger partial charge in [0, 0.05) is 37.6 Å². The number of carbonyl (C=O) groups excluding carboxylic acids is 1. The Bertz CT molecular complexity index is 1510. The van der Waals surface area contributed by atoms with Gasteiger partial charge in [0.25, 0.3) is 0 Å². The number of piperidine rings is 1. The van der Waals surface area contributed by atoms with Crippen LogP contribution in [0.5, 0.6) is 0 Å². The molecule has 14 nitrogen and oxygen atoms in total. The molecular weight excluding hydrogens is 655 g/mol. The largest absolute Gasteiger partial charge is 0.355 e. The lowest BCUT2D eigenvalue weighted by atomic mass is 9.95. The van der Waals surface area contributed by atoms with E-state index in [-0.39, 0.29) is 24.5 Å². The first-order valence-electron chi connectivity index (χ1n) is 18.7. The van der Waals surface area contributed by atoms with Gasteiger partial charge in [-0.05, 0) is 84.1 Å². The number of rotatable bonds is 21. The van der Waals surface area contributed by atoms with E-state index in [2.05, 4.69) is 36.5 Å². The molecule has 1 atom stereocenters. The highest BCUT2D eigenvalue weighted by molar-refractivity contribution is 7.53. The Hall–Kier alpha value is -3.16. The van der Waals surface area contributed by atoms with Crippen molar-refractivity contribution in [1.29, 1.82) is 0 Å². The minimum absolute atomic E-state index is 0.0630. The molecule has 2 fully saturated rings. The Balaban J connectivity index is 1.08. The molecule has 276 valence electrons. The van der Waals surface area contributed by atoms with Crippen LogP contribution in [0.1, 0.15) is 77.3 Å². The first kappa shape index (κ1) is 38.1. The number of carbonyl (C=O) groups is 1. The van der Waals surface area contributed by atoms with E-state index < -0.39 is 7.60 Å². The van der Waals surface area contributed by atoms with Crippen LogP contribution in [0.2, 0.25) is 0 Å². The fraction of sp³-hybridized carbons (Fsp3) is 0.686. The number of anilines is 2. The van der Waals surface area contributed by atoms with Crippen molar-refractivity contribution in [3.8, 4) is 0 Å². The van der Waals surface area contributed by atoms with Crippen LogP contribution in [0.3, 0.4) is 0 Å². The fourth-order valence-electron chi connectivity index (χ4n) is 6.80. The number of fused-ring (bicyclic) bond motifs is 1. The molecule has 50 heavy (non-hydrogen) atoms. The van der Waals surface area contributed by atoms with Crippen molar-refractivity contribution in [3.63, 3.8) is 0 Å². The summed E-state index contributed by atoms with van der Waals surface area (Å²) >= 11 is 0. The van der Waals surface area contributed by atoms with Gasteiger partial charge >= 0.3 is 7.60 Å². The average molecular weight is 713 g/mol. The number of hydrogen-bond donors (Lipinski definition) is 4. The van der Waals surface area contributed by atoms with Crippen molar-refractivity contribution in [2.24, 2.45) is 5.92 Å². The number of hydrogen-bond acceptors (Lipinski definition) is 12. The molecular formula is C35H57N10O4P. The molecule has 1 saturated carbocycles. The predicted octanol–water partition coefficient (Wildman–Crippen LogP) is 4.72. The van der Waals surface area contributed by atoms with Crippen molar-refractivity contribution in [2.75, 3.05) is 68.9 Å². The molecule has 1 aliphatic heterocycles. The molecule has 1 saturated heterocycles. The number of benzene rings is 1. The molecule has 1 aliphatic carbocycles. The molecule has 1 aromatic carbocycles. The first-order valence-corrected chi connectivity index (χ1v) is 20.4. The van der Waals surface area contributed by atoms with Crippen LogP contribution in [0.4, 0.5) is 11.8 Å². The van der Waals surface area contributed by atoms with Gasteiger partial charge in [0.1, 0.15) is 11.5 Å². The zero-order valence-corrected chi connectivity index (χ0v) is 30.8. The van der Waals surface area contributed by atoms with E-state index in [4.69, 9.17) is 19.0 Å². The molecule has 2 aromatic heterocycles. The van der Waals surface area contributed by atoms with Crippen molar-refractivity contribution in [1.82, 2.24) is 40.9 Å². The first-order chi connectivity index (χ1) is 24.5. The van der Waals surface area contributed by atoms with Gasteiger partial charge in [0.15, 0.2) is 0 Å². The lowest BCUT2D eigenvalue weighted by Crippen LogP contribution is -2.44. The second kappa shape index (κ2) is 20.0. The monoisotopic (exact) mass is 712 g/mol. The molecule has 5 rings (SSSR count). The van der Waals surface area contributed by atoms with E-state index in [1.54, 1.807) is 13.8 Å². The van der Waals surface area contributed by atoms with Crippen LogP contribution in [0.25, 0.3) is 10.9 Å². The third kappa shape index (κ3) is 11.7. The Kier molecular flexibility index (Phi) is 15.3. The number of nitrogens with zero attached hydrogens (tertiary/aromatic N) is 6. The van der Waals surface area contributed by atoms with Gasteiger partial charge in [0.05, 0.1) is 43.6 Å². The summed E-state index contributed by atoms with van der Waals surface area (Å²) in [5.41, 5.74) is 1.65. The van der Waals surface area contributed by atoms with E-state index in [0.29, 0.717) is 32.3 Å². The van der Waals surface area contributed by atoms with Crippen molar-refractivity contribution >= 4 is 36.2 Å². The normalized spacial score (nSPS) is 17.3. The lowest BCUT2D eigenvalue weighted by molar-refractivity contribution is -0.125. The van der Waals surface area contributed by atoms with E-state index >= 15 is 0 Å². The van der Waals surface area contributed by atoms with Crippen molar-refractivity contribution < 1.29 is 18.4 Å². The summed E-state index contributed by atoms with van der Waals surface area (Å²) in [5, 5.41) is 23.2. The molecule has 3 heterocycles. The highest BCUT2D eigenvalue weighted by Gasteiger charge is 2.29. The second-order valence-electron chi connectivity index (χ2n) is 13.2. The van der Waals surface area contributed by atoms with Gasteiger partial charge in [0.2, 0.25) is 11.9 Å². The Labute approximate surface area is 296 Å². The number of aryl methyl sites for hydroxylation is 1. The maximum Gasteiger partial charge on any atom is 0.332 e. The summed E-state index contributed by atoms with van der Waals surface area (Å²) < 4.78 is 25.4. The van der Waals surface area contributed by atoms with Crippen LogP contribution in [0, 0.1) is 5.92 Å². The maximum absolute atomic E-state index is 13.2. The minimum atomic E-state index is -3.21. The molecule has 1 amide bonds. The molecule has 2 aliphatic rings. The molecule has 0 bridgehead atoms. The van der Waals surface area contributed by atoms with E-state index in [1.165, 1.54) is 32.1 Å². The quantitative estimate of drug-likeness (QED) is 0.0890. The van der Waals surface area contributed by atoms with E-state index in [1.807, 2.05) is 35.1 Å². The van der Waals surface area contributed by atoms with Crippen LogP contribution < -0.4 is 26.2 Å². The van der Waals surface area contributed by atoms with Crippen molar-refractivity contribution in [3.05, 3.63) is 36.2 Å². The molecule has 1 unspecified atom stereocenters. The number of aromatic nitrogens is 5. The summed E-state index contributed by atoms with van der Waals surface area (Å²) in [6, 6.07) is 8.67. The zero-order valence-electron chi connectivity index (χ0n) is 29.9. The summed E-state index contributed by atoms with van der Waals surface area (Å²) in [6.45, 7) is 10.0. The van der Waals surface area contributed by atoms with Gasteiger partial charge < -0.3 is 35.2 Å². The van der Waals surface area contributed by atoms with Crippen LogP contribution in [0.15, 0.2) is 30.5 Å². The summed E-state index contributed by atoms with van der Waals surface area (Å²) in [4.78, 5) is 25.1. The Morgan fingerprint density at radius 1 is 0.960 bits per heavy atom. The summed E-state index contributed by atoms with van der Waals surface area (Å²) in [5.74, 6) is 1.02. The van der Waals surface area contributed by atoms with Gasteiger partial charge in [-0.3, -0.25) is 14.0 Å². The highest BCUT2D eigenvalue weighted by atomic mass is 31.2. The van der Waals surface area contributed by atoms with Gasteiger partial charge in [-0.15, -0.1) is 5.10 Å². The summed E-state index contributed by atoms with van der Waals surface area (Å²) in [6.07, 6.45) is 12.7. The third-order valence-corrected chi connectivity index (χ3v) is 11.4. The second-order valence-corrected chi connectivity index (χ2v) is 15.4. The SMILES string of the molecule is CCOP(=O)(CCNC(=O)C1CCCN(c2nc(NCc3cn(CCCNCCCNC4CCCCC4)nn3)nc3ccccc23)C1)OCC. The van der Waals surface area contributed by atoms with Gasteiger partial charge in [-0.1, -0.05) is 36.6 Å². The minimum Gasteiger partial charge on any atom is -0.355 e. The maximum atomic E-state index is 13.2. The molecule has 0 spiro atoms. The average Bonchev–Trinajstić information content (AvgIpc) is 3.59. The van der Waals surface area contributed by atoms with Gasteiger partial charge in [-0.2, -0.15) is 4.98 Å². The Morgan fingerprint density at radius 2 is 1.76 bits per heavy atom. The van der Waals surface area contributed by atoms with Crippen molar-refractivity contribution in [2.45, 2.75) is 90.8 Å². The third-order valence-electron chi connectivity index (χ3n) is 9.33. The molecule has 0 radical (unpaired) electrons. The summed E-state index contributed by atoms with van der Waals surface area (Å²) in [7, 11) is -3.21. The lowest BCUT2D eigenvalue weighted by Gasteiger charge is -2.33. The van der Waals surface area contributed by atoms with Crippen LogP contribution in [-0.4, -0.2) is 95.6 Å². The van der Waals surface area contributed by atoms with Crippen LogP contribution in [-0.2, 0) is 31.5 Å². The van der Waals surface area contributed by atoms with E-state index in [0.717, 1.165) is 86.9 Å². The standard InChI is InChI=1S/C35H57N10O4P/c1-3-48-50(47,49-4-2)24-21-38-34(46)28-13-10-22-44(26-28)33-31-16-8-9-17-32(31)40-35(41-33)39-25-30-27-45(43-42-30)23-12-19-36-18-11-20-37-29-14-6-5-7-15-29/h8-9,16-17,27-29,36-37H,3-7,10-15,18-26H2,1-2H3,(H,38,46)(H,39,40,41). The number of nitrogens with one attached hydrogen (secondary N) is 4. The highest BCUT2D eigenvalue weighted by Crippen LogP contribution is 2.47. The molecule has 4 N–H and O–H groups in total. The topological polar surface area (TPSA) is 160 Å². The zero-order chi connectivity index (χ0) is 35.0. The predicted molar refractivity (Wildman–Crippen MR) is 198 cm³/mol. The van der Waals surface area contributed by atoms with Crippen LogP contribution >= 0.6 is 7.60 Å². The smallest absolute Gasteiger partial charge is 0.332 e. The molecule has 15 heteroatoms. The number of para-hydroxylation sites is 1. The fourth-order valence-corrected chi connectivity index (χ4v) is 8.30. The van der Waals surface area contributed by atoms with Gasteiger partial charge in [-0.25, -0.2) is 4.98 Å². The number of amides is 1. The molecule has 3 aromatic rings.